The number of hydrogen-bond acceptors (Lipinski definition) is 3. The standard InChI is InChI=1S/C10H9N3O2/c11-7-3-1-2-4-9(7)13-6-5-8(12-13)10(14)15/h1-6H,11H2,(H,14,15). The highest BCUT2D eigenvalue weighted by molar-refractivity contribution is 5.85. The van der Waals surface area contributed by atoms with Crippen molar-refractivity contribution in [3.8, 4) is 5.69 Å². The number of rotatable bonds is 2. The van der Waals surface area contributed by atoms with E-state index in [-0.39, 0.29) is 5.69 Å². The van der Waals surface area contributed by atoms with Gasteiger partial charge in [-0.1, -0.05) is 12.1 Å². The summed E-state index contributed by atoms with van der Waals surface area (Å²) < 4.78 is 1.44. The van der Waals surface area contributed by atoms with Crippen LogP contribution in [0.4, 0.5) is 5.69 Å². The number of carboxylic acid groups (broad SMARTS) is 1. The summed E-state index contributed by atoms with van der Waals surface area (Å²) >= 11 is 0. The molecule has 5 nitrogen and oxygen atoms in total. The molecule has 0 fully saturated rings. The zero-order valence-corrected chi connectivity index (χ0v) is 7.79. The van der Waals surface area contributed by atoms with Crippen molar-refractivity contribution in [2.24, 2.45) is 0 Å². The number of carboxylic acids is 1. The van der Waals surface area contributed by atoms with Gasteiger partial charge in [0.15, 0.2) is 5.69 Å². The Bertz CT molecular complexity index is 505. The van der Waals surface area contributed by atoms with Crippen LogP contribution in [0.1, 0.15) is 10.5 Å². The average Bonchev–Trinajstić information content (AvgIpc) is 2.67. The molecule has 1 aromatic heterocycles. The van der Waals surface area contributed by atoms with E-state index in [1.54, 1.807) is 24.4 Å². The third-order valence-electron chi connectivity index (χ3n) is 1.99. The molecule has 1 heterocycles. The predicted molar refractivity (Wildman–Crippen MR) is 54.9 cm³/mol. The molecule has 0 amide bonds. The highest BCUT2D eigenvalue weighted by Gasteiger charge is 2.08. The van der Waals surface area contributed by atoms with Crippen molar-refractivity contribution in [2.45, 2.75) is 0 Å². The molecule has 0 aliphatic carbocycles. The molecule has 0 spiro atoms. The largest absolute Gasteiger partial charge is 0.476 e. The summed E-state index contributed by atoms with van der Waals surface area (Å²) in [7, 11) is 0. The van der Waals surface area contributed by atoms with E-state index in [4.69, 9.17) is 10.8 Å². The molecule has 1 aromatic carbocycles. The van der Waals surface area contributed by atoms with Crippen LogP contribution in [-0.2, 0) is 0 Å². The molecule has 76 valence electrons. The second-order valence-electron chi connectivity index (χ2n) is 3.01. The second-order valence-corrected chi connectivity index (χ2v) is 3.01. The normalized spacial score (nSPS) is 10.1. The Morgan fingerprint density at radius 3 is 2.67 bits per heavy atom. The van der Waals surface area contributed by atoms with E-state index in [0.29, 0.717) is 11.4 Å². The molecule has 3 N–H and O–H groups in total. The fraction of sp³-hybridized carbons (Fsp3) is 0. The van der Waals surface area contributed by atoms with E-state index in [1.807, 2.05) is 6.07 Å². The van der Waals surface area contributed by atoms with Gasteiger partial charge in [-0.2, -0.15) is 5.10 Å². The lowest BCUT2D eigenvalue weighted by atomic mass is 10.3. The number of para-hydroxylation sites is 2. The van der Waals surface area contributed by atoms with E-state index in [0.717, 1.165) is 0 Å². The molecule has 0 bridgehead atoms. The first-order valence-corrected chi connectivity index (χ1v) is 4.32. The molecule has 2 rings (SSSR count). The van der Waals surface area contributed by atoms with Gasteiger partial charge in [-0.25, -0.2) is 9.48 Å². The topological polar surface area (TPSA) is 81.1 Å². The number of aromatic carboxylic acids is 1. The van der Waals surface area contributed by atoms with E-state index in [1.165, 1.54) is 10.7 Å². The van der Waals surface area contributed by atoms with Gasteiger partial charge >= 0.3 is 5.97 Å². The number of nitrogens with zero attached hydrogens (tertiary/aromatic N) is 2. The number of aromatic nitrogens is 2. The Kier molecular flexibility index (Phi) is 2.13. The number of nitrogen functional groups attached to an aromatic ring is 1. The molecule has 5 heteroatoms. The van der Waals surface area contributed by atoms with Crippen LogP contribution >= 0.6 is 0 Å². The molecule has 15 heavy (non-hydrogen) atoms. The van der Waals surface area contributed by atoms with E-state index >= 15 is 0 Å². The Labute approximate surface area is 85.8 Å². The minimum absolute atomic E-state index is 0.00162. The van der Waals surface area contributed by atoms with Crippen LogP contribution in [0.3, 0.4) is 0 Å². The van der Waals surface area contributed by atoms with Crippen LogP contribution in [0.25, 0.3) is 5.69 Å². The van der Waals surface area contributed by atoms with Gasteiger partial charge in [-0.15, -0.1) is 0 Å². The van der Waals surface area contributed by atoms with Gasteiger partial charge < -0.3 is 10.8 Å². The van der Waals surface area contributed by atoms with E-state index in [2.05, 4.69) is 5.10 Å². The average molecular weight is 203 g/mol. The second kappa shape index (κ2) is 3.45. The van der Waals surface area contributed by atoms with Gasteiger partial charge in [0.1, 0.15) is 0 Å². The first kappa shape index (κ1) is 9.26. The first-order valence-electron chi connectivity index (χ1n) is 4.32. The van der Waals surface area contributed by atoms with Crippen LogP contribution in [0, 0.1) is 0 Å². The zero-order valence-electron chi connectivity index (χ0n) is 7.79. The maximum Gasteiger partial charge on any atom is 0.356 e. The summed E-state index contributed by atoms with van der Waals surface area (Å²) in [6, 6.07) is 8.55. The Balaban J connectivity index is 2.46. The number of carbonyl (C=O) groups is 1. The summed E-state index contributed by atoms with van der Waals surface area (Å²) in [5.74, 6) is -1.05. The maximum atomic E-state index is 10.6. The van der Waals surface area contributed by atoms with E-state index in [9.17, 15) is 4.79 Å². The smallest absolute Gasteiger partial charge is 0.356 e. The lowest BCUT2D eigenvalue weighted by Crippen LogP contribution is -2.03. The molecule has 0 saturated heterocycles. The highest BCUT2D eigenvalue weighted by atomic mass is 16.4. The molecule has 0 saturated carbocycles. The third kappa shape index (κ3) is 1.67. The highest BCUT2D eigenvalue weighted by Crippen LogP contribution is 2.15. The Hall–Kier alpha value is -2.30. The molecule has 0 unspecified atom stereocenters. The van der Waals surface area contributed by atoms with Crippen molar-refractivity contribution in [2.75, 3.05) is 5.73 Å². The molecule has 0 radical (unpaired) electrons. The van der Waals surface area contributed by atoms with Crippen molar-refractivity contribution in [1.29, 1.82) is 0 Å². The zero-order chi connectivity index (χ0) is 10.8. The van der Waals surface area contributed by atoms with Crippen LogP contribution in [-0.4, -0.2) is 20.9 Å². The SMILES string of the molecule is Nc1ccccc1-n1ccc(C(=O)O)n1. The van der Waals surface area contributed by atoms with Crippen molar-refractivity contribution in [1.82, 2.24) is 9.78 Å². The Morgan fingerprint density at radius 1 is 1.33 bits per heavy atom. The minimum Gasteiger partial charge on any atom is -0.476 e. The molecule has 0 aliphatic rings. The molecule has 0 atom stereocenters. The quantitative estimate of drug-likeness (QED) is 0.717. The fourth-order valence-corrected chi connectivity index (χ4v) is 1.27. The van der Waals surface area contributed by atoms with Crippen LogP contribution < -0.4 is 5.73 Å². The maximum absolute atomic E-state index is 10.6. The van der Waals surface area contributed by atoms with Crippen LogP contribution in [0.2, 0.25) is 0 Å². The summed E-state index contributed by atoms with van der Waals surface area (Å²) in [6.07, 6.45) is 1.56. The summed E-state index contributed by atoms with van der Waals surface area (Å²) in [6.45, 7) is 0. The Morgan fingerprint density at radius 2 is 2.07 bits per heavy atom. The van der Waals surface area contributed by atoms with Crippen molar-refractivity contribution < 1.29 is 9.90 Å². The monoisotopic (exact) mass is 203 g/mol. The van der Waals surface area contributed by atoms with Gasteiger partial charge in [0.2, 0.25) is 0 Å². The predicted octanol–water partition coefficient (Wildman–Crippen LogP) is 1.15. The number of anilines is 1. The van der Waals surface area contributed by atoms with Crippen LogP contribution in [0.5, 0.6) is 0 Å². The lowest BCUT2D eigenvalue weighted by Gasteiger charge is -2.03. The molecular weight excluding hydrogens is 194 g/mol. The van der Waals surface area contributed by atoms with Gasteiger partial charge in [-0.05, 0) is 18.2 Å². The van der Waals surface area contributed by atoms with Gasteiger partial charge in [-0.3, -0.25) is 0 Å². The first-order chi connectivity index (χ1) is 7.18. The molecule has 2 aromatic rings. The third-order valence-corrected chi connectivity index (χ3v) is 1.99. The van der Waals surface area contributed by atoms with Gasteiger partial charge in [0.05, 0.1) is 11.4 Å². The van der Waals surface area contributed by atoms with Crippen molar-refractivity contribution in [3.63, 3.8) is 0 Å². The summed E-state index contributed by atoms with van der Waals surface area (Å²) in [4.78, 5) is 10.6. The van der Waals surface area contributed by atoms with Gasteiger partial charge in [0, 0.05) is 6.20 Å². The summed E-state index contributed by atoms with van der Waals surface area (Å²) in [5, 5.41) is 12.6. The number of nitrogens with two attached hydrogens (primary N) is 1. The molecular formula is C10H9N3O2. The fourth-order valence-electron chi connectivity index (χ4n) is 1.27. The number of hydrogen-bond donors (Lipinski definition) is 2. The van der Waals surface area contributed by atoms with Crippen LogP contribution in [0.15, 0.2) is 36.5 Å². The van der Waals surface area contributed by atoms with Crippen molar-refractivity contribution >= 4 is 11.7 Å². The van der Waals surface area contributed by atoms with Gasteiger partial charge in [0.25, 0.3) is 0 Å². The summed E-state index contributed by atoms with van der Waals surface area (Å²) in [5.41, 5.74) is 6.95. The van der Waals surface area contributed by atoms with E-state index < -0.39 is 5.97 Å². The number of benzene rings is 1. The van der Waals surface area contributed by atoms with Crippen molar-refractivity contribution in [3.05, 3.63) is 42.2 Å². The minimum atomic E-state index is -1.05. The molecule has 0 aliphatic heterocycles. The lowest BCUT2D eigenvalue weighted by molar-refractivity contribution is 0.0690.